The molecular weight excluding hydrogens is 268 g/mol. The Morgan fingerprint density at radius 3 is 2.94 bits per heavy atom. The molecule has 18 heavy (non-hydrogen) atoms. The molecule has 2 aromatic heterocycles. The number of hydrogen-bond acceptors (Lipinski definition) is 4. The molecule has 0 aliphatic rings. The van der Waals surface area contributed by atoms with Crippen molar-refractivity contribution >= 4 is 33.2 Å². The summed E-state index contributed by atoms with van der Waals surface area (Å²) in [5.74, 6) is 1.33. The van der Waals surface area contributed by atoms with Crippen molar-refractivity contribution in [3.63, 3.8) is 0 Å². The van der Waals surface area contributed by atoms with Crippen molar-refractivity contribution < 1.29 is 4.74 Å². The minimum absolute atomic E-state index is 0.576. The molecule has 3 aromatic rings. The first-order valence-corrected chi connectivity index (χ1v) is 6.62. The van der Waals surface area contributed by atoms with Crippen LogP contribution in [0.3, 0.4) is 0 Å². The number of benzene rings is 1. The average Bonchev–Trinajstić information content (AvgIpc) is 2.82. The summed E-state index contributed by atoms with van der Waals surface area (Å²) in [5, 5.41) is 3.60. The van der Waals surface area contributed by atoms with E-state index >= 15 is 0 Å². The Kier molecular flexibility index (Phi) is 2.89. The molecule has 0 saturated carbocycles. The van der Waals surface area contributed by atoms with Gasteiger partial charge < -0.3 is 4.74 Å². The molecule has 5 heteroatoms. The molecule has 1 aromatic carbocycles. The molecule has 0 amide bonds. The van der Waals surface area contributed by atoms with Gasteiger partial charge in [-0.15, -0.1) is 11.3 Å². The standard InChI is InChI=1S/C13H9ClN2OS/c1-8-6-9(14)2-3-11(8)17-12-10-4-5-18-13(10)16-7-15-12/h2-7H,1H3. The zero-order valence-electron chi connectivity index (χ0n) is 9.55. The Bertz CT molecular complexity index is 711. The lowest BCUT2D eigenvalue weighted by molar-refractivity contribution is 0.465. The molecule has 0 spiro atoms. The summed E-state index contributed by atoms with van der Waals surface area (Å²) in [6.45, 7) is 1.95. The van der Waals surface area contributed by atoms with Crippen LogP contribution in [0.1, 0.15) is 5.56 Å². The van der Waals surface area contributed by atoms with Crippen molar-refractivity contribution in [2.45, 2.75) is 6.92 Å². The van der Waals surface area contributed by atoms with Crippen molar-refractivity contribution in [2.24, 2.45) is 0 Å². The highest BCUT2D eigenvalue weighted by molar-refractivity contribution is 7.16. The van der Waals surface area contributed by atoms with E-state index in [2.05, 4.69) is 9.97 Å². The highest BCUT2D eigenvalue weighted by atomic mass is 35.5. The molecule has 0 N–H and O–H groups in total. The molecular formula is C13H9ClN2OS. The second-order valence-corrected chi connectivity index (χ2v) is 5.16. The summed E-state index contributed by atoms with van der Waals surface area (Å²) in [7, 11) is 0. The normalized spacial score (nSPS) is 10.8. The average molecular weight is 277 g/mol. The van der Waals surface area contributed by atoms with E-state index in [0.29, 0.717) is 10.9 Å². The van der Waals surface area contributed by atoms with Crippen LogP contribution in [0.5, 0.6) is 11.6 Å². The van der Waals surface area contributed by atoms with Crippen molar-refractivity contribution in [2.75, 3.05) is 0 Å². The fourth-order valence-corrected chi connectivity index (χ4v) is 2.63. The first-order valence-electron chi connectivity index (χ1n) is 5.36. The topological polar surface area (TPSA) is 35.0 Å². The summed E-state index contributed by atoms with van der Waals surface area (Å²) >= 11 is 7.48. The number of rotatable bonds is 2. The van der Waals surface area contributed by atoms with Crippen LogP contribution in [-0.4, -0.2) is 9.97 Å². The summed E-state index contributed by atoms with van der Waals surface area (Å²) < 4.78 is 5.83. The van der Waals surface area contributed by atoms with E-state index in [0.717, 1.165) is 21.5 Å². The van der Waals surface area contributed by atoms with Crippen LogP contribution in [0.15, 0.2) is 36.0 Å². The maximum atomic E-state index is 5.92. The van der Waals surface area contributed by atoms with Crippen molar-refractivity contribution in [1.82, 2.24) is 9.97 Å². The Labute approximate surface area is 113 Å². The first-order chi connectivity index (χ1) is 8.74. The van der Waals surface area contributed by atoms with E-state index in [9.17, 15) is 0 Å². The van der Waals surface area contributed by atoms with Gasteiger partial charge in [-0.2, -0.15) is 0 Å². The van der Waals surface area contributed by atoms with E-state index in [1.165, 1.54) is 6.33 Å². The zero-order valence-corrected chi connectivity index (χ0v) is 11.1. The molecule has 90 valence electrons. The van der Waals surface area contributed by atoms with Crippen LogP contribution in [-0.2, 0) is 0 Å². The predicted octanol–water partition coefficient (Wildman–Crippen LogP) is 4.45. The number of fused-ring (bicyclic) bond motifs is 1. The third kappa shape index (κ3) is 2.05. The number of ether oxygens (including phenoxy) is 1. The lowest BCUT2D eigenvalue weighted by atomic mass is 10.2. The van der Waals surface area contributed by atoms with Gasteiger partial charge in [-0.3, -0.25) is 0 Å². The molecule has 0 radical (unpaired) electrons. The van der Waals surface area contributed by atoms with Gasteiger partial charge in [0, 0.05) is 5.02 Å². The smallest absolute Gasteiger partial charge is 0.231 e. The quantitative estimate of drug-likeness (QED) is 0.694. The van der Waals surface area contributed by atoms with Gasteiger partial charge in [0.2, 0.25) is 5.88 Å². The zero-order chi connectivity index (χ0) is 12.5. The monoisotopic (exact) mass is 276 g/mol. The van der Waals surface area contributed by atoms with Gasteiger partial charge in [-0.05, 0) is 42.1 Å². The highest BCUT2D eigenvalue weighted by Crippen LogP contribution is 2.31. The lowest BCUT2D eigenvalue weighted by Crippen LogP contribution is -1.91. The third-order valence-corrected chi connectivity index (χ3v) is 3.62. The SMILES string of the molecule is Cc1cc(Cl)ccc1Oc1ncnc2sccc12. The van der Waals surface area contributed by atoms with E-state index < -0.39 is 0 Å². The number of nitrogens with zero attached hydrogens (tertiary/aromatic N) is 2. The minimum Gasteiger partial charge on any atom is -0.438 e. The largest absolute Gasteiger partial charge is 0.438 e. The maximum Gasteiger partial charge on any atom is 0.231 e. The third-order valence-electron chi connectivity index (χ3n) is 2.57. The number of halogens is 1. The van der Waals surface area contributed by atoms with Crippen LogP contribution < -0.4 is 4.74 Å². The molecule has 0 saturated heterocycles. The lowest BCUT2D eigenvalue weighted by Gasteiger charge is -2.08. The van der Waals surface area contributed by atoms with Crippen LogP contribution >= 0.6 is 22.9 Å². The Morgan fingerprint density at radius 1 is 1.22 bits per heavy atom. The van der Waals surface area contributed by atoms with Crippen LogP contribution in [0.25, 0.3) is 10.2 Å². The second kappa shape index (κ2) is 4.55. The maximum absolute atomic E-state index is 5.92. The molecule has 0 atom stereocenters. The Morgan fingerprint density at radius 2 is 2.11 bits per heavy atom. The van der Waals surface area contributed by atoms with Gasteiger partial charge in [0.25, 0.3) is 0 Å². The fourth-order valence-electron chi connectivity index (χ4n) is 1.68. The van der Waals surface area contributed by atoms with Crippen LogP contribution in [0.4, 0.5) is 0 Å². The fraction of sp³-hybridized carbons (Fsp3) is 0.0769. The van der Waals surface area contributed by atoms with Gasteiger partial charge in [-0.25, -0.2) is 9.97 Å². The second-order valence-electron chi connectivity index (χ2n) is 3.83. The van der Waals surface area contributed by atoms with E-state index in [1.54, 1.807) is 17.4 Å². The Hall–Kier alpha value is -1.65. The number of aryl methyl sites for hydroxylation is 1. The molecule has 3 nitrogen and oxygen atoms in total. The highest BCUT2D eigenvalue weighted by Gasteiger charge is 2.08. The molecule has 2 heterocycles. The van der Waals surface area contributed by atoms with E-state index in [4.69, 9.17) is 16.3 Å². The van der Waals surface area contributed by atoms with Crippen molar-refractivity contribution in [3.8, 4) is 11.6 Å². The summed E-state index contributed by atoms with van der Waals surface area (Å²) in [4.78, 5) is 9.29. The molecule has 0 bridgehead atoms. The molecule has 0 aliphatic carbocycles. The van der Waals surface area contributed by atoms with Crippen molar-refractivity contribution in [1.29, 1.82) is 0 Å². The van der Waals surface area contributed by atoms with E-state index in [1.807, 2.05) is 30.5 Å². The number of thiophene rings is 1. The summed E-state index contributed by atoms with van der Waals surface area (Å²) in [5.41, 5.74) is 0.976. The summed E-state index contributed by atoms with van der Waals surface area (Å²) in [6.07, 6.45) is 1.51. The van der Waals surface area contributed by atoms with Gasteiger partial charge in [-0.1, -0.05) is 11.6 Å². The van der Waals surface area contributed by atoms with Crippen molar-refractivity contribution in [3.05, 3.63) is 46.6 Å². The molecule has 0 aliphatic heterocycles. The molecule has 3 rings (SSSR count). The predicted molar refractivity (Wildman–Crippen MR) is 73.7 cm³/mol. The number of aromatic nitrogens is 2. The Balaban J connectivity index is 2.03. The van der Waals surface area contributed by atoms with Gasteiger partial charge >= 0.3 is 0 Å². The summed E-state index contributed by atoms with van der Waals surface area (Å²) in [6, 6.07) is 7.47. The van der Waals surface area contributed by atoms with Gasteiger partial charge in [0.1, 0.15) is 16.9 Å². The van der Waals surface area contributed by atoms with Gasteiger partial charge in [0.05, 0.1) is 5.39 Å². The van der Waals surface area contributed by atoms with Crippen LogP contribution in [0.2, 0.25) is 5.02 Å². The van der Waals surface area contributed by atoms with Gasteiger partial charge in [0.15, 0.2) is 0 Å². The number of hydrogen-bond donors (Lipinski definition) is 0. The minimum atomic E-state index is 0.576. The molecule has 0 fully saturated rings. The van der Waals surface area contributed by atoms with Crippen LogP contribution in [0, 0.1) is 6.92 Å². The molecule has 0 unspecified atom stereocenters. The van der Waals surface area contributed by atoms with E-state index in [-0.39, 0.29) is 0 Å². The first kappa shape index (κ1) is 11.4.